The van der Waals surface area contributed by atoms with Crippen molar-refractivity contribution in [2.24, 2.45) is 0 Å². The zero-order chi connectivity index (χ0) is 14.4. The predicted octanol–water partition coefficient (Wildman–Crippen LogP) is 1.32. The molecule has 0 spiro atoms. The quantitative estimate of drug-likeness (QED) is 0.369. The highest BCUT2D eigenvalue weighted by Gasteiger charge is 2.16. The van der Waals surface area contributed by atoms with Gasteiger partial charge in [0.05, 0.1) is 10.5 Å². The number of nitrogens with one attached hydrogen (secondary N) is 1. The molecular formula is C11H15ClN4O3. The first-order valence-corrected chi connectivity index (χ1v) is 6.02. The average molecular weight is 287 g/mol. The van der Waals surface area contributed by atoms with Crippen molar-refractivity contribution >= 4 is 23.2 Å². The van der Waals surface area contributed by atoms with Gasteiger partial charge in [0.25, 0.3) is 11.6 Å². The molecule has 0 radical (unpaired) electrons. The summed E-state index contributed by atoms with van der Waals surface area (Å²) < 4.78 is 0. The Labute approximate surface area is 115 Å². The lowest BCUT2D eigenvalue weighted by molar-refractivity contribution is -0.385. The second kappa shape index (κ2) is 7.01. The van der Waals surface area contributed by atoms with Crippen LogP contribution in [-0.2, 0) is 0 Å². The first-order valence-electron chi connectivity index (χ1n) is 5.64. The van der Waals surface area contributed by atoms with Crippen LogP contribution in [0.5, 0.6) is 0 Å². The van der Waals surface area contributed by atoms with Gasteiger partial charge in [0.2, 0.25) is 0 Å². The molecule has 19 heavy (non-hydrogen) atoms. The van der Waals surface area contributed by atoms with Gasteiger partial charge >= 0.3 is 0 Å². The van der Waals surface area contributed by atoms with Crippen LogP contribution in [0.3, 0.4) is 0 Å². The Morgan fingerprint density at radius 2 is 2.26 bits per heavy atom. The van der Waals surface area contributed by atoms with Gasteiger partial charge in [0.1, 0.15) is 11.3 Å². The highest BCUT2D eigenvalue weighted by molar-refractivity contribution is 6.32. The number of carbonyl (C=O) groups excluding carboxylic acids is 1. The Bertz CT molecular complexity index is 479. The Morgan fingerprint density at radius 3 is 2.84 bits per heavy atom. The second-order valence-corrected chi connectivity index (χ2v) is 4.56. The zero-order valence-electron chi connectivity index (χ0n) is 10.7. The summed E-state index contributed by atoms with van der Waals surface area (Å²) >= 11 is 5.76. The highest BCUT2D eigenvalue weighted by atomic mass is 35.5. The van der Waals surface area contributed by atoms with Gasteiger partial charge in [0, 0.05) is 12.6 Å². The third-order valence-electron chi connectivity index (χ3n) is 2.35. The van der Waals surface area contributed by atoms with Crippen molar-refractivity contribution in [1.29, 1.82) is 0 Å². The lowest BCUT2D eigenvalue weighted by Crippen LogP contribution is -2.27. The molecule has 0 fully saturated rings. The Kier molecular flexibility index (Phi) is 5.65. The standard InChI is InChI=1S/C11H15ClN4O3/c1-15(2)5-3-4-13-11(17)9-6-8(16(18)19)7-14-10(9)12/h6-7H,3-5H2,1-2H3,(H,13,17). The molecule has 0 saturated heterocycles. The van der Waals surface area contributed by atoms with E-state index in [0.29, 0.717) is 6.54 Å². The summed E-state index contributed by atoms with van der Waals surface area (Å²) in [6, 6.07) is 1.12. The van der Waals surface area contributed by atoms with E-state index in [0.717, 1.165) is 25.2 Å². The van der Waals surface area contributed by atoms with E-state index >= 15 is 0 Å². The summed E-state index contributed by atoms with van der Waals surface area (Å²) in [5.74, 6) is -0.458. The van der Waals surface area contributed by atoms with Crippen molar-refractivity contribution in [1.82, 2.24) is 15.2 Å². The smallest absolute Gasteiger partial charge is 0.288 e. The van der Waals surface area contributed by atoms with E-state index in [9.17, 15) is 14.9 Å². The first kappa shape index (κ1) is 15.3. The number of pyridine rings is 1. The van der Waals surface area contributed by atoms with Crippen molar-refractivity contribution in [2.45, 2.75) is 6.42 Å². The summed E-state index contributed by atoms with van der Waals surface area (Å²) in [6.45, 7) is 1.30. The van der Waals surface area contributed by atoms with E-state index in [1.54, 1.807) is 0 Å². The van der Waals surface area contributed by atoms with E-state index in [4.69, 9.17) is 11.6 Å². The fraction of sp³-hybridized carbons (Fsp3) is 0.455. The van der Waals surface area contributed by atoms with Crippen LogP contribution >= 0.6 is 11.6 Å². The number of hydrogen-bond donors (Lipinski definition) is 1. The molecule has 0 aliphatic carbocycles. The van der Waals surface area contributed by atoms with Crippen LogP contribution in [0.15, 0.2) is 12.3 Å². The van der Waals surface area contributed by atoms with E-state index < -0.39 is 10.8 Å². The molecule has 1 N–H and O–H groups in total. The molecule has 1 rings (SSSR count). The molecule has 104 valence electrons. The fourth-order valence-electron chi connectivity index (χ4n) is 1.39. The number of carbonyl (C=O) groups is 1. The maximum atomic E-state index is 11.8. The molecule has 0 bridgehead atoms. The van der Waals surface area contributed by atoms with Crippen LogP contribution in [0.25, 0.3) is 0 Å². The molecule has 0 aromatic carbocycles. The molecule has 1 aromatic rings. The minimum atomic E-state index is -0.619. The Balaban J connectivity index is 2.66. The van der Waals surface area contributed by atoms with Crippen LogP contribution in [0.4, 0.5) is 5.69 Å². The minimum Gasteiger partial charge on any atom is -0.352 e. The van der Waals surface area contributed by atoms with Crippen molar-refractivity contribution < 1.29 is 9.72 Å². The number of aromatic nitrogens is 1. The summed E-state index contributed by atoms with van der Waals surface area (Å²) in [4.78, 5) is 27.4. The van der Waals surface area contributed by atoms with E-state index in [2.05, 4.69) is 10.3 Å². The fourth-order valence-corrected chi connectivity index (χ4v) is 1.58. The third kappa shape index (κ3) is 4.80. The van der Waals surface area contributed by atoms with Gasteiger partial charge in [-0.25, -0.2) is 4.98 Å². The molecule has 8 heteroatoms. The Morgan fingerprint density at radius 1 is 1.58 bits per heavy atom. The summed E-state index contributed by atoms with van der Waals surface area (Å²) in [5.41, 5.74) is -0.247. The number of halogens is 1. The lowest BCUT2D eigenvalue weighted by atomic mass is 10.2. The van der Waals surface area contributed by atoms with Gasteiger partial charge < -0.3 is 10.2 Å². The van der Waals surface area contributed by atoms with Gasteiger partial charge in [-0.05, 0) is 27.1 Å². The summed E-state index contributed by atoms with van der Waals surface area (Å²) in [6.07, 6.45) is 1.80. The lowest BCUT2D eigenvalue weighted by Gasteiger charge is -2.10. The van der Waals surface area contributed by atoms with E-state index in [1.807, 2.05) is 19.0 Å². The van der Waals surface area contributed by atoms with Gasteiger partial charge in [-0.15, -0.1) is 0 Å². The summed E-state index contributed by atoms with van der Waals surface area (Å²) in [7, 11) is 3.87. The van der Waals surface area contributed by atoms with Crippen LogP contribution in [0, 0.1) is 10.1 Å². The van der Waals surface area contributed by atoms with Gasteiger partial charge in [-0.1, -0.05) is 11.6 Å². The van der Waals surface area contributed by atoms with E-state index in [1.165, 1.54) is 0 Å². The summed E-state index contributed by atoms with van der Waals surface area (Å²) in [5, 5.41) is 13.2. The largest absolute Gasteiger partial charge is 0.352 e. The number of nitro groups is 1. The molecular weight excluding hydrogens is 272 g/mol. The number of rotatable bonds is 6. The zero-order valence-corrected chi connectivity index (χ0v) is 11.5. The molecule has 0 unspecified atom stereocenters. The maximum absolute atomic E-state index is 11.8. The van der Waals surface area contributed by atoms with Crippen molar-refractivity contribution in [3.8, 4) is 0 Å². The minimum absolute atomic E-state index is 0.0146. The monoisotopic (exact) mass is 286 g/mol. The number of hydrogen-bond acceptors (Lipinski definition) is 5. The van der Waals surface area contributed by atoms with Crippen LogP contribution in [0.1, 0.15) is 16.8 Å². The Hall–Kier alpha value is -1.73. The highest BCUT2D eigenvalue weighted by Crippen LogP contribution is 2.18. The molecule has 0 saturated carbocycles. The SMILES string of the molecule is CN(C)CCCNC(=O)c1cc([N+](=O)[O-])cnc1Cl. The molecule has 1 amide bonds. The molecule has 1 aromatic heterocycles. The van der Waals surface area contributed by atoms with Crippen molar-refractivity contribution in [2.75, 3.05) is 27.2 Å². The van der Waals surface area contributed by atoms with Gasteiger partial charge in [-0.2, -0.15) is 0 Å². The van der Waals surface area contributed by atoms with Crippen LogP contribution < -0.4 is 5.32 Å². The van der Waals surface area contributed by atoms with Gasteiger partial charge in [-0.3, -0.25) is 14.9 Å². The second-order valence-electron chi connectivity index (χ2n) is 4.20. The van der Waals surface area contributed by atoms with Crippen LogP contribution in [0.2, 0.25) is 5.15 Å². The van der Waals surface area contributed by atoms with Gasteiger partial charge in [0.15, 0.2) is 0 Å². The third-order valence-corrected chi connectivity index (χ3v) is 2.65. The molecule has 0 atom stereocenters. The molecule has 0 aliphatic rings. The van der Waals surface area contributed by atoms with Crippen molar-refractivity contribution in [3.63, 3.8) is 0 Å². The maximum Gasteiger partial charge on any atom is 0.288 e. The topological polar surface area (TPSA) is 88.4 Å². The van der Waals surface area contributed by atoms with E-state index in [-0.39, 0.29) is 16.4 Å². The predicted molar refractivity (Wildman–Crippen MR) is 71.4 cm³/mol. The molecule has 1 heterocycles. The molecule has 0 aliphatic heterocycles. The average Bonchev–Trinajstić information content (AvgIpc) is 2.34. The number of nitrogens with zero attached hydrogens (tertiary/aromatic N) is 3. The van der Waals surface area contributed by atoms with Crippen LogP contribution in [-0.4, -0.2) is 47.9 Å². The number of amides is 1. The normalized spacial score (nSPS) is 10.5. The molecule has 7 nitrogen and oxygen atoms in total. The van der Waals surface area contributed by atoms with Crippen molar-refractivity contribution in [3.05, 3.63) is 33.1 Å². The first-order chi connectivity index (χ1) is 8.91.